The van der Waals surface area contributed by atoms with Gasteiger partial charge in [0.15, 0.2) is 0 Å². The molecule has 2 rings (SSSR count). The number of aryl methyl sites for hydroxylation is 3. The van der Waals surface area contributed by atoms with Crippen molar-refractivity contribution in [1.82, 2.24) is 9.97 Å². The first-order valence-corrected chi connectivity index (χ1v) is 7.88. The van der Waals surface area contributed by atoms with Gasteiger partial charge in [-0.25, -0.2) is 14.8 Å². The third-order valence-electron chi connectivity index (χ3n) is 3.65. The van der Waals surface area contributed by atoms with E-state index in [-0.39, 0.29) is 12.6 Å². The van der Waals surface area contributed by atoms with Crippen LogP contribution in [-0.4, -0.2) is 22.5 Å². The predicted octanol–water partition coefficient (Wildman–Crippen LogP) is 3.30. The molecule has 0 fully saturated rings. The number of carbonyl (C=O) groups excluding carboxylic acids is 1. The van der Waals surface area contributed by atoms with Crippen LogP contribution in [0.4, 0.5) is 5.95 Å². The number of nitrogen functional groups attached to an aromatic ring is 1. The maximum atomic E-state index is 12.3. The molecule has 1 heterocycles. The van der Waals surface area contributed by atoms with Gasteiger partial charge in [-0.05, 0) is 51.8 Å². The highest BCUT2D eigenvalue weighted by Gasteiger charge is 2.24. The van der Waals surface area contributed by atoms with Gasteiger partial charge in [0.05, 0.1) is 12.3 Å². The average Bonchev–Trinajstić information content (AvgIpc) is 2.50. The fraction of sp³-hybridized carbons (Fsp3) is 0.389. The van der Waals surface area contributed by atoms with Crippen molar-refractivity contribution >= 4 is 11.9 Å². The van der Waals surface area contributed by atoms with Gasteiger partial charge in [-0.1, -0.05) is 12.1 Å². The normalized spacial score (nSPS) is 11.9. The number of benzene rings is 1. The second kappa shape index (κ2) is 7.29. The zero-order chi connectivity index (χ0) is 17.9. The van der Waals surface area contributed by atoms with Gasteiger partial charge >= 0.3 is 5.97 Å². The highest BCUT2D eigenvalue weighted by atomic mass is 16.5. The van der Waals surface area contributed by atoms with E-state index in [0.717, 1.165) is 16.9 Å². The largest absolute Gasteiger partial charge is 0.484 e. The molecule has 6 heteroatoms. The summed E-state index contributed by atoms with van der Waals surface area (Å²) in [5.74, 6) is 0.375. The van der Waals surface area contributed by atoms with Crippen LogP contribution in [-0.2, 0) is 4.74 Å². The maximum absolute atomic E-state index is 12.3. The first-order chi connectivity index (χ1) is 11.3. The molecule has 0 aliphatic heterocycles. The van der Waals surface area contributed by atoms with Crippen LogP contribution < -0.4 is 10.5 Å². The van der Waals surface area contributed by atoms with E-state index in [4.69, 9.17) is 15.2 Å². The number of nitrogens with two attached hydrogens (primary N) is 1. The van der Waals surface area contributed by atoms with Crippen molar-refractivity contribution in [3.8, 4) is 5.75 Å². The summed E-state index contributed by atoms with van der Waals surface area (Å²) in [6.07, 6.45) is -0.478. The second-order valence-corrected chi connectivity index (χ2v) is 5.68. The summed E-state index contributed by atoms with van der Waals surface area (Å²) in [4.78, 5) is 20.6. The monoisotopic (exact) mass is 329 g/mol. The van der Waals surface area contributed by atoms with E-state index >= 15 is 0 Å². The summed E-state index contributed by atoms with van der Waals surface area (Å²) in [5.41, 5.74) is 9.07. The molecule has 1 atom stereocenters. The molecule has 0 amide bonds. The number of aromatic nitrogens is 2. The van der Waals surface area contributed by atoms with Crippen LogP contribution >= 0.6 is 0 Å². The van der Waals surface area contributed by atoms with E-state index in [0.29, 0.717) is 17.0 Å². The summed E-state index contributed by atoms with van der Waals surface area (Å²) in [7, 11) is 0. The molecule has 2 aromatic rings. The minimum atomic E-state index is -0.478. The van der Waals surface area contributed by atoms with Gasteiger partial charge in [-0.3, -0.25) is 0 Å². The smallest absolute Gasteiger partial charge is 0.342 e. The van der Waals surface area contributed by atoms with E-state index in [9.17, 15) is 4.79 Å². The molecule has 0 spiro atoms. The Balaban J connectivity index is 2.42. The third-order valence-corrected chi connectivity index (χ3v) is 3.65. The molecular weight excluding hydrogens is 306 g/mol. The number of nitrogens with zero attached hydrogens (tertiary/aromatic N) is 2. The van der Waals surface area contributed by atoms with Gasteiger partial charge in [0.2, 0.25) is 5.95 Å². The fourth-order valence-electron chi connectivity index (χ4n) is 2.45. The van der Waals surface area contributed by atoms with Crippen LogP contribution in [0, 0.1) is 20.8 Å². The lowest BCUT2D eigenvalue weighted by atomic mass is 10.1. The molecule has 0 saturated heterocycles. The molecule has 0 aliphatic rings. The lowest BCUT2D eigenvalue weighted by molar-refractivity contribution is 0.0518. The molecule has 1 unspecified atom stereocenters. The number of esters is 1. The average molecular weight is 329 g/mol. The molecular formula is C18H23N3O3. The summed E-state index contributed by atoms with van der Waals surface area (Å²) in [6, 6.07) is 5.96. The van der Waals surface area contributed by atoms with Crippen LogP contribution in [0.15, 0.2) is 18.2 Å². The maximum Gasteiger partial charge on any atom is 0.342 e. The van der Waals surface area contributed by atoms with E-state index in [1.54, 1.807) is 13.8 Å². The number of hydrogen-bond donors (Lipinski definition) is 1. The van der Waals surface area contributed by atoms with E-state index in [1.807, 2.05) is 39.0 Å². The number of rotatable bonds is 5. The molecule has 1 aromatic heterocycles. The van der Waals surface area contributed by atoms with Crippen LogP contribution in [0.25, 0.3) is 0 Å². The zero-order valence-electron chi connectivity index (χ0n) is 14.7. The van der Waals surface area contributed by atoms with Crippen molar-refractivity contribution in [2.24, 2.45) is 0 Å². The summed E-state index contributed by atoms with van der Waals surface area (Å²) >= 11 is 0. The Bertz CT molecular complexity index is 759. The molecule has 0 radical (unpaired) electrons. The lowest BCUT2D eigenvalue weighted by Crippen LogP contribution is -2.19. The summed E-state index contributed by atoms with van der Waals surface area (Å²) in [5, 5.41) is 0. The van der Waals surface area contributed by atoms with Gasteiger partial charge in [-0.2, -0.15) is 0 Å². The zero-order valence-corrected chi connectivity index (χ0v) is 14.7. The molecule has 128 valence electrons. The SMILES string of the molecule is CCOC(=O)c1c(C)nc(N)nc1C(C)Oc1cc(C)ccc1C. The van der Waals surface area contributed by atoms with Gasteiger partial charge in [0, 0.05) is 0 Å². The topological polar surface area (TPSA) is 87.3 Å². The van der Waals surface area contributed by atoms with Gasteiger partial charge in [0.25, 0.3) is 0 Å². The highest BCUT2D eigenvalue weighted by Crippen LogP contribution is 2.28. The van der Waals surface area contributed by atoms with Crippen molar-refractivity contribution in [3.05, 3.63) is 46.3 Å². The standard InChI is InChI=1S/C18H23N3O3/c1-6-23-17(22)15-12(4)20-18(19)21-16(15)13(5)24-14-9-10(2)7-8-11(14)3/h7-9,13H,6H2,1-5H3,(H2,19,20,21). The summed E-state index contributed by atoms with van der Waals surface area (Å²) in [6.45, 7) is 9.51. The number of anilines is 1. The minimum Gasteiger partial charge on any atom is -0.484 e. The van der Waals surface area contributed by atoms with Gasteiger partial charge < -0.3 is 15.2 Å². The Labute approximate surface area is 142 Å². The van der Waals surface area contributed by atoms with E-state index in [2.05, 4.69) is 9.97 Å². The second-order valence-electron chi connectivity index (χ2n) is 5.68. The fourth-order valence-corrected chi connectivity index (χ4v) is 2.45. The first-order valence-electron chi connectivity index (χ1n) is 7.88. The Morgan fingerprint density at radius 1 is 1.25 bits per heavy atom. The van der Waals surface area contributed by atoms with Gasteiger partial charge in [0.1, 0.15) is 23.1 Å². The number of carbonyl (C=O) groups is 1. The predicted molar refractivity (Wildman–Crippen MR) is 92.1 cm³/mol. The molecule has 1 aromatic carbocycles. The Morgan fingerprint density at radius 2 is 1.96 bits per heavy atom. The Kier molecular flexibility index (Phi) is 5.39. The lowest BCUT2D eigenvalue weighted by Gasteiger charge is -2.19. The first kappa shape index (κ1) is 17.7. The quantitative estimate of drug-likeness (QED) is 0.847. The van der Waals surface area contributed by atoms with Crippen molar-refractivity contribution in [3.63, 3.8) is 0 Å². The highest BCUT2D eigenvalue weighted by molar-refractivity contribution is 5.92. The van der Waals surface area contributed by atoms with Gasteiger partial charge in [-0.15, -0.1) is 0 Å². The minimum absolute atomic E-state index is 0.104. The van der Waals surface area contributed by atoms with Crippen LogP contribution in [0.2, 0.25) is 0 Å². The Morgan fingerprint density at radius 3 is 2.62 bits per heavy atom. The van der Waals surface area contributed by atoms with Crippen molar-refractivity contribution in [1.29, 1.82) is 0 Å². The molecule has 0 saturated carbocycles. The van der Waals surface area contributed by atoms with E-state index < -0.39 is 12.1 Å². The van der Waals surface area contributed by atoms with E-state index in [1.165, 1.54) is 0 Å². The van der Waals surface area contributed by atoms with Crippen LogP contribution in [0.1, 0.15) is 52.8 Å². The number of ether oxygens (including phenoxy) is 2. The molecule has 0 aliphatic carbocycles. The van der Waals surface area contributed by atoms with Crippen molar-refractivity contribution in [2.45, 2.75) is 40.7 Å². The summed E-state index contributed by atoms with van der Waals surface area (Å²) < 4.78 is 11.2. The number of hydrogen-bond acceptors (Lipinski definition) is 6. The third kappa shape index (κ3) is 3.82. The van der Waals surface area contributed by atoms with Crippen molar-refractivity contribution < 1.29 is 14.3 Å². The van der Waals surface area contributed by atoms with Crippen LogP contribution in [0.5, 0.6) is 5.75 Å². The molecule has 24 heavy (non-hydrogen) atoms. The van der Waals surface area contributed by atoms with Crippen molar-refractivity contribution in [2.75, 3.05) is 12.3 Å². The Hall–Kier alpha value is -2.63. The van der Waals surface area contributed by atoms with Crippen LogP contribution in [0.3, 0.4) is 0 Å². The molecule has 6 nitrogen and oxygen atoms in total. The molecule has 0 bridgehead atoms. The molecule has 2 N–H and O–H groups in total.